The zero-order chi connectivity index (χ0) is 24.8. The van der Waals surface area contributed by atoms with Gasteiger partial charge in [-0.25, -0.2) is 13.9 Å². The maximum absolute atomic E-state index is 14.2. The van der Waals surface area contributed by atoms with Crippen molar-refractivity contribution in [3.8, 4) is 39.6 Å². The monoisotopic (exact) mass is 470 g/mol. The molecule has 0 spiro atoms. The van der Waals surface area contributed by atoms with Gasteiger partial charge in [-0.1, -0.05) is 66.7 Å². The standard InChI is InChI=1S/C31H21FN3O/c1-19-8-13-24-26-17-25(22-11-9-21(10-12-22)20-6-4-3-5-7-20)27(18-33)34-31(26)36-30(24)29(19)28-16-23(32)14-15-35(28)2/h3-17H,1-2H3/q+1. The molecule has 3 heterocycles. The van der Waals surface area contributed by atoms with Crippen LogP contribution in [0, 0.1) is 24.1 Å². The summed E-state index contributed by atoms with van der Waals surface area (Å²) in [6.45, 7) is 1.97. The summed E-state index contributed by atoms with van der Waals surface area (Å²) < 4.78 is 22.2. The first-order valence-electron chi connectivity index (χ1n) is 11.6. The maximum atomic E-state index is 14.2. The molecular formula is C31H21FN3O+. The second-order valence-electron chi connectivity index (χ2n) is 8.87. The molecule has 6 rings (SSSR count). The number of pyridine rings is 2. The number of nitriles is 1. The molecule has 172 valence electrons. The van der Waals surface area contributed by atoms with E-state index < -0.39 is 0 Å². The topological polar surface area (TPSA) is 53.7 Å². The summed E-state index contributed by atoms with van der Waals surface area (Å²) in [6.07, 6.45) is 1.69. The van der Waals surface area contributed by atoms with E-state index >= 15 is 0 Å². The first-order chi connectivity index (χ1) is 17.5. The number of hydrogen-bond donors (Lipinski definition) is 0. The SMILES string of the molecule is Cc1ccc2c(oc3nc(C#N)c(-c4ccc(-c5ccccc5)cc4)cc32)c1-c1cc(F)cc[n+]1C. The first kappa shape index (κ1) is 21.7. The van der Waals surface area contributed by atoms with Crippen molar-refractivity contribution in [3.05, 3.63) is 108 Å². The van der Waals surface area contributed by atoms with Crippen LogP contribution in [0.1, 0.15) is 11.3 Å². The first-order valence-corrected chi connectivity index (χ1v) is 11.6. The highest BCUT2D eigenvalue weighted by Crippen LogP contribution is 2.38. The third kappa shape index (κ3) is 3.52. The molecule has 0 saturated carbocycles. The zero-order valence-corrected chi connectivity index (χ0v) is 19.8. The van der Waals surface area contributed by atoms with Crippen LogP contribution in [0.2, 0.25) is 0 Å². The molecule has 6 aromatic rings. The normalized spacial score (nSPS) is 11.2. The van der Waals surface area contributed by atoms with Crippen molar-refractivity contribution in [2.24, 2.45) is 7.05 Å². The van der Waals surface area contributed by atoms with Crippen molar-refractivity contribution in [1.82, 2.24) is 4.98 Å². The van der Waals surface area contributed by atoms with Gasteiger partial charge in [-0.15, -0.1) is 0 Å². The summed E-state index contributed by atoms with van der Waals surface area (Å²) >= 11 is 0. The summed E-state index contributed by atoms with van der Waals surface area (Å²) in [7, 11) is 1.87. The Morgan fingerprint density at radius 2 is 1.58 bits per heavy atom. The number of benzene rings is 3. The van der Waals surface area contributed by atoms with E-state index in [1.54, 1.807) is 6.20 Å². The minimum Gasteiger partial charge on any atom is -0.437 e. The van der Waals surface area contributed by atoms with Crippen molar-refractivity contribution in [2.75, 3.05) is 0 Å². The molecule has 0 fully saturated rings. The molecule has 0 radical (unpaired) electrons. The van der Waals surface area contributed by atoms with E-state index in [0.717, 1.165) is 44.2 Å². The number of nitrogens with zero attached hydrogens (tertiary/aromatic N) is 3. The van der Waals surface area contributed by atoms with Crippen LogP contribution in [0.15, 0.2) is 95.5 Å². The molecule has 0 aliphatic rings. The zero-order valence-electron chi connectivity index (χ0n) is 19.8. The summed E-state index contributed by atoms with van der Waals surface area (Å²) in [5, 5.41) is 11.6. The lowest BCUT2D eigenvalue weighted by atomic mass is 9.97. The molecule has 5 heteroatoms. The van der Waals surface area contributed by atoms with Gasteiger partial charge < -0.3 is 4.42 Å². The molecule has 0 unspecified atom stereocenters. The minimum absolute atomic E-state index is 0.295. The van der Waals surface area contributed by atoms with Crippen molar-refractivity contribution in [1.29, 1.82) is 5.26 Å². The largest absolute Gasteiger partial charge is 0.437 e. The second kappa shape index (κ2) is 8.44. The Hall–Kier alpha value is -4.82. The Morgan fingerprint density at radius 3 is 2.33 bits per heavy atom. The van der Waals surface area contributed by atoms with Crippen LogP contribution >= 0.6 is 0 Å². The van der Waals surface area contributed by atoms with E-state index in [0.29, 0.717) is 22.7 Å². The predicted molar refractivity (Wildman–Crippen MR) is 138 cm³/mol. The molecule has 0 aliphatic heterocycles. The Balaban J connectivity index is 1.55. The van der Waals surface area contributed by atoms with Crippen molar-refractivity contribution in [3.63, 3.8) is 0 Å². The Bertz CT molecular complexity index is 1810. The quantitative estimate of drug-likeness (QED) is 0.259. The highest BCUT2D eigenvalue weighted by Gasteiger charge is 2.23. The Kier molecular flexibility index (Phi) is 5.09. The van der Waals surface area contributed by atoms with Crippen molar-refractivity contribution in [2.45, 2.75) is 6.92 Å². The lowest BCUT2D eigenvalue weighted by Crippen LogP contribution is -2.30. The van der Waals surface area contributed by atoms with Crippen LogP contribution in [-0.4, -0.2) is 4.98 Å². The van der Waals surface area contributed by atoms with E-state index in [1.165, 1.54) is 12.1 Å². The third-order valence-corrected chi connectivity index (χ3v) is 6.62. The highest BCUT2D eigenvalue weighted by molar-refractivity contribution is 6.10. The Labute approximate surface area is 207 Å². The molecule has 3 aromatic carbocycles. The summed E-state index contributed by atoms with van der Waals surface area (Å²) in [5.41, 5.74) is 7.65. The number of rotatable bonds is 3. The van der Waals surface area contributed by atoms with E-state index in [2.05, 4.69) is 35.3 Å². The number of halogens is 1. The van der Waals surface area contributed by atoms with E-state index in [9.17, 15) is 9.65 Å². The molecule has 0 saturated heterocycles. The minimum atomic E-state index is -0.318. The van der Waals surface area contributed by atoms with Crippen LogP contribution in [-0.2, 0) is 7.05 Å². The molecule has 0 aliphatic carbocycles. The molecule has 4 nitrogen and oxygen atoms in total. The van der Waals surface area contributed by atoms with Crippen LogP contribution in [0.25, 0.3) is 55.6 Å². The fourth-order valence-corrected chi connectivity index (χ4v) is 4.75. The van der Waals surface area contributed by atoms with Gasteiger partial charge in [0.05, 0.1) is 5.56 Å². The van der Waals surface area contributed by atoms with Gasteiger partial charge in [0, 0.05) is 28.5 Å². The number of furan rings is 1. The van der Waals surface area contributed by atoms with Gasteiger partial charge in [-0.3, -0.25) is 0 Å². The van der Waals surface area contributed by atoms with Gasteiger partial charge in [0.25, 0.3) is 0 Å². The average molecular weight is 471 g/mol. The molecule has 36 heavy (non-hydrogen) atoms. The van der Waals surface area contributed by atoms with Crippen LogP contribution < -0.4 is 4.57 Å². The number of fused-ring (bicyclic) bond motifs is 3. The van der Waals surface area contributed by atoms with Gasteiger partial charge in [0.2, 0.25) is 11.4 Å². The fourth-order valence-electron chi connectivity index (χ4n) is 4.75. The molecule has 3 aromatic heterocycles. The van der Waals surface area contributed by atoms with Gasteiger partial charge in [-0.2, -0.15) is 5.26 Å². The van der Waals surface area contributed by atoms with Gasteiger partial charge in [0.1, 0.15) is 18.9 Å². The van der Waals surface area contributed by atoms with Crippen LogP contribution in [0.3, 0.4) is 0 Å². The molecule has 0 N–H and O–H groups in total. The lowest BCUT2D eigenvalue weighted by Gasteiger charge is -2.07. The maximum Gasteiger partial charge on any atom is 0.228 e. The predicted octanol–water partition coefficient (Wildman–Crippen LogP) is 7.13. The van der Waals surface area contributed by atoms with Gasteiger partial charge in [-0.05, 0) is 35.2 Å². The third-order valence-electron chi connectivity index (χ3n) is 6.62. The highest BCUT2D eigenvalue weighted by atomic mass is 19.1. The summed E-state index contributed by atoms with van der Waals surface area (Å²) in [5.74, 6) is -0.318. The summed E-state index contributed by atoms with van der Waals surface area (Å²) in [4.78, 5) is 4.58. The Morgan fingerprint density at radius 1 is 0.861 bits per heavy atom. The molecule has 0 amide bonds. The number of aromatic nitrogens is 2. The van der Waals surface area contributed by atoms with Crippen molar-refractivity contribution < 1.29 is 13.4 Å². The lowest BCUT2D eigenvalue weighted by molar-refractivity contribution is -0.660. The van der Waals surface area contributed by atoms with E-state index in [-0.39, 0.29) is 5.82 Å². The molecule has 0 atom stereocenters. The van der Waals surface area contributed by atoms with E-state index in [1.807, 2.05) is 67.1 Å². The van der Waals surface area contributed by atoms with Gasteiger partial charge in [0.15, 0.2) is 17.5 Å². The average Bonchev–Trinajstić information content (AvgIpc) is 3.27. The second-order valence-corrected chi connectivity index (χ2v) is 8.87. The van der Waals surface area contributed by atoms with E-state index in [4.69, 9.17) is 4.42 Å². The molecule has 0 bridgehead atoms. The molecular weight excluding hydrogens is 449 g/mol. The van der Waals surface area contributed by atoms with Crippen LogP contribution in [0.5, 0.6) is 0 Å². The summed E-state index contributed by atoms with van der Waals surface area (Å²) in [6, 6.07) is 29.4. The number of aryl methyl sites for hydroxylation is 2. The number of hydrogen-bond acceptors (Lipinski definition) is 3. The van der Waals surface area contributed by atoms with Crippen molar-refractivity contribution >= 4 is 22.1 Å². The fraction of sp³-hybridized carbons (Fsp3) is 0.0645. The van der Waals surface area contributed by atoms with Crippen LogP contribution in [0.4, 0.5) is 4.39 Å². The van der Waals surface area contributed by atoms with Gasteiger partial charge >= 0.3 is 0 Å². The smallest absolute Gasteiger partial charge is 0.228 e.